The van der Waals surface area contributed by atoms with E-state index >= 15 is 0 Å². The third-order valence-corrected chi connectivity index (χ3v) is 2.64. The van der Waals surface area contributed by atoms with E-state index in [-0.39, 0.29) is 17.4 Å². The smallest absolute Gasteiger partial charge is 0.312 e. The maximum absolute atomic E-state index is 10.7. The molecule has 1 aromatic carbocycles. The van der Waals surface area contributed by atoms with E-state index < -0.39 is 10.6 Å². The first kappa shape index (κ1) is 10.4. The Kier molecular flexibility index (Phi) is 2.46. The van der Waals surface area contributed by atoms with Crippen molar-refractivity contribution in [3.8, 4) is 11.8 Å². The first-order chi connectivity index (χ1) is 7.63. The topological polar surface area (TPSA) is 99.2 Å². The molecule has 16 heavy (non-hydrogen) atoms. The molecule has 0 radical (unpaired) electrons. The van der Waals surface area contributed by atoms with Crippen molar-refractivity contribution in [3.63, 3.8) is 0 Å². The summed E-state index contributed by atoms with van der Waals surface area (Å²) in [7, 11) is 0. The molecule has 6 nitrogen and oxygen atoms in total. The third-order valence-electron chi connectivity index (χ3n) is 2.64. The molecule has 0 unspecified atom stereocenters. The van der Waals surface area contributed by atoms with Gasteiger partial charge in [0.2, 0.25) is 0 Å². The van der Waals surface area contributed by atoms with Gasteiger partial charge in [-0.1, -0.05) is 0 Å². The highest BCUT2D eigenvalue weighted by atomic mass is 16.6. The largest absolute Gasteiger partial charge is 0.502 e. The molecule has 2 rings (SSSR count). The van der Waals surface area contributed by atoms with Gasteiger partial charge in [-0.15, -0.1) is 0 Å². The van der Waals surface area contributed by atoms with Gasteiger partial charge in [0.15, 0.2) is 5.75 Å². The molecule has 0 saturated carbocycles. The first-order valence-electron chi connectivity index (χ1n) is 4.78. The van der Waals surface area contributed by atoms with Crippen LogP contribution >= 0.6 is 0 Å². The number of nitriles is 1. The van der Waals surface area contributed by atoms with E-state index in [0.717, 1.165) is 19.0 Å². The molecular weight excluding hydrogens is 210 g/mol. The molecule has 0 spiro atoms. The molecule has 0 aliphatic carbocycles. The molecule has 1 heterocycles. The number of rotatable bonds is 2. The Bertz CT molecular complexity index is 489. The average molecular weight is 219 g/mol. The van der Waals surface area contributed by atoms with Gasteiger partial charge in [0.1, 0.15) is 0 Å². The number of benzene rings is 1. The van der Waals surface area contributed by atoms with Gasteiger partial charge in [0.25, 0.3) is 0 Å². The van der Waals surface area contributed by atoms with Crippen LogP contribution in [0.2, 0.25) is 0 Å². The summed E-state index contributed by atoms with van der Waals surface area (Å²) in [6, 6.07) is 4.32. The van der Waals surface area contributed by atoms with Crippen LogP contribution in [-0.4, -0.2) is 16.6 Å². The molecule has 1 aliphatic rings. The molecule has 2 N–H and O–H groups in total. The highest BCUT2D eigenvalue weighted by molar-refractivity contribution is 5.57. The molecule has 1 fully saturated rings. The predicted octanol–water partition coefficient (Wildman–Crippen LogP) is 1.21. The molecule has 1 saturated heterocycles. The van der Waals surface area contributed by atoms with Crippen LogP contribution in [0.5, 0.6) is 5.75 Å². The van der Waals surface area contributed by atoms with Crippen LogP contribution in [0.25, 0.3) is 0 Å². The van der Waals surface area contributed by atoms with Crippen LogP contribution in [0.1, 0.15) is 23.6 Å². The van der Waals surface area contributed by atoms with Gasteiger partial charge in [0, 0.05) is 17.7 Å². The maximum Gasteiger partial charge on any atom is 0.312 e. The van der Waals surface area contributed by atoms with E-state index in [4.69, 9.17) is 5.26 Å². The Morgan fingerprint density at radius 1 is 1.62 bits per heavy atom. The molecular formula is C10H9N3O3. The molecule has 6 heteroatoms. The zero-order chi connectivity index (χ0) is 11.7. The number of hydrogen-bond donors (Lipinski definition) is 2. The Hall–Kier alpha value is -2.13. The summed E-state index contributed by atoms with van der Waals surface area (Å²) in [5.74, 6) is -0.346. The number of nitro benzene ring substituents is 1. The van der Waals surface area contributed by atoms with Crippen LogP contribution < -0.4 is 5.32 Å². The zero-order valence-corrected chi connectivity index (χ0v) is 8.30. The van der Waals surface area contributed by atoms with Crippen LogP contribution in [0, 0.1) is 21.4 Å². The Balaban J connectivity index is 2.55. The minimum Gasteiger partial charge on any atom is -0.502 e. The fourth-order valence-electron chi connectivity index (χ4n) is 1.66. The van der Waals surface area contributed by atoms with Crippen molar-refractivity contribution in [2.75, 3.05) is 6.54 Å². The van der Waals surface area contributed by atoms with Crippen LogP contribution in [0.3, 0.4) is 0 Å². The molecule has 0 bridgehead atoms. The molecule has 82 valence electrons. The van der Waals surface area contributed by atoms with Gasteiger partial charge in [0.05, 0.1) is 16.6 Å². The molecule has 1 aliphatic heterocycles. The summed E-state index contributed by atoms with van der Waals surface area (Å²) >= 11 is 0. The fourth-order valence-corrected chi connectivity index (χ4v) is 1.66. The second-order valence-electron chi connectivity index (χ2n) is 3.60. The van der Waals surface area contributed by atoms with Crippen LogP contribution in [0.4, 0.5) is 5.69 Å². The minimum absolute atomic E-state index is 0.0907. The summed E-state index contributed by atoms with van der Waals surface area (Å²) in [5.41, 5.74) is 0.202. The van der Waals surface area contributed by atoms with E-state index in [1.807, 2.05) is 6.07 Å². The number of phenolic OH excluding ortho intramolecular Hbond substituents is 1. The number of nitro groups is 1. The van der Waals surface area contributed by atoms with Crippen molar-refractivity contribution < 1.29 is 10.0 Å². The third kappa shape index (κ3) is 1.57. The summed E-state index contributed by atoms with van der Waals surface area (Å²) in [6.45, 7) is 0.814. The quantitative estimate of drug-likeness (QED) is 0.575. The second-order valence-corrected chi connectivity index (χ2v) is 3.60. The molecule has 1 aromatic rings. The lowest BCUT2D eigenvalue weighted by Gasteiger charge is -2.28. The first-order valence-corrected chi connectivity index (χ1v) is 4.78. The van der Waals surface area contributed by atoms with Crippen molar-refractivity contribution in [1.29, 1.82) is 5.26 Å². The number of hydrogen-bond acceptors (Lipinski definition) is 5. The molecule has 0 aromatic heterocycles. The predicted molar refractivity (Wildman–Crippen MR) is 54.8 cm³/mol. The highest BCUT2D eigenvalue weighted by Gasteiger charge is 2.27. The number of nitrogens with one attached hydrogen (secondary N) is 1. The van der Waals surface area contributed by atoms with Crippen molar-refractivity contribution in [2.45, 2.75) is 12.5 Å². The maximum atomic E-state index is 10.7. The van der Waals surface area contributed by atoms with Crippen LogP contribution in [0.15, 0.2) is 12.1 Å². The Morgan fingerprint density at radius 3 is 2.75 bits per heavy atom. The second kappa shape index (κ2) is 3.79. The van der Waals surface area contributed by atoms with Crippen molar-refractivity contribution in [2.24, 2.45) is 0 Å². The Morgan fingerprint density at radius 2 is 2.31 bits per heavy atom. The van der Waals surface area contributed by atoms with E-state index in [9.17, 15) is 15.2 Å². The van der Waals surface area contributed by atoms with E-state index in [1.165, 1.54) is 6.07 Å². The Labute approximate surface area is 91.3 Å². The lowest BCUT2D eigenvalue weighted by molar-refractivity contribution is -0.386. The highest BCUT2D eigenvalue weighted by Crippen LogP contribution is 2.37. The summed E-state index contributed by atoms with van der Waals surface area (Å²) in [6.07, 6.45) is 0.805. The minimum atomic E-state index is -0.682. The lowest BCUT2D eigenvalue weighted by Crippen LogP contribution is -2.35. The monoisotopic (exact) mass is 219 g/mol. The van der Waals surface area contributed by atoms with Gasteiger partial charge < -0.3 is 10.4 Å². The van der Waals surface area contributed by atoms with Gasteiger partial charge in [-0.3, -0.25) is 10.1 Å². The normalized spacial score (nSPS) is 18.6. The molecule has 0 amide bonds. The van der Waals surface area contributed by atoms with Crippen molar-refractivity contribution >= 4 is 5.69 Å². The summed E-state index contributed by atoms with van der Waals surface area (Å²) in [4.78, 5) is 10.0. The van der Waals surface area contributed by atoms with Crippen molar-refractivity contribution in [1.82, 2.24) is 5.32 Å². The van der Waals surface area contributed by atoms with Gasteiger partial charge in [-0.2, -0.15) is 5.26 Å². The SMILES string of the molecule is N#Cc1cc([C@H]2CCN2)c(O)c([N+](=O)[O-])c1. The number of phenols is 1. The van der Waals surface area contributed by atoms with Crippen molar-refractivity contribution in [3.05, 3.63) is 33.4 Å². The summed E-state index contributed by atoms with van der Waals surface area (Å²) in [5, 5.41) is 32.2. The standard InChI is InChI=1S/C10H9N3O3/c11-5-6-3-7(8-1-2-12-8)10(14)9(4-6)13(15)16/h3-4,8,12,14H,1-2H2/t8-/m1/s1. The van der Waals surface area contributed by atoms with Gasteiger partial charge in [-0.25, -0.2) is 0 Å². The lowest BCUT2D eigenvalue weighted by atomic mass is 9.95. The molecule has 1 atom stereocenters. The van der Waals surface area contributed by atoms with E-state index in [0.29, 0.717) is 5.56 Å². The fraction of sp³-hybridized carbons (Fsp3) is 0.300. The van der Waals surface area contributed by atoms with E-state index in [2.05, 4.69) is 5.32 Å². The average Bonchev–Trinajstić information content (AvgIpc) is 2.17. The van der Waals surface area contributed by atoms with Gasteiger partial charge >= 0.3 is 5.69 Å². The number of nitrogens with zero attached hydrogens (tertiary/aromatic N) is 2. The van der Waals surface area contributed by atoms with Gasteiger partial charge in [-0.05, 0) is 19.0 Å². The van der Waals surface area contributed by atoms with Crippen LogP contribution in [-0.2, 0) is 0 Å². The van der Waals surface area contributed by atoms with E-state index in [1.54, 1.807) is 0 Å². The zero-order valence-electron chi connectivity index (χ0n) is 8.30. The number of aromatic hydroxyl groups is 1. The summed E-state index contributed by atoms with van der Waals surface area (Å²) < 4.78 is 0.